The van der Waals surface area contributed by atoms with E-state index in [9.17, 15) is 0 Å². The van der Waals surface area contributed by atoms with Crippen LogP contribution in [0.2, 0.25) is 0 Å². The van der Waals surface area contributed by atoms with E-state index in [1.807, 2.05) is 0 Å². The summed E-state index contributed by atoms with van der Waals surface area (Å²) in [6.07, 6.45) is 23.4. The van der Waals surface area contributed by atoms with Crippen LogP contribution in [0.3, 0.4) is 0 Å². The van der Waals surface area contributed by atoms with Crippen LogP contribution >= 0.6 is 0 Å². The highest BCUT2D eigenvalue weighted by atomic mass is 14.5. The van der Waals surface area contributed by atoms with Gasteiger partial charge in [-0.1, -0.05) is 96.3 Å². The van der Waals surface area contributed by atoms with Crippen molar-refractivity contribution in [2.45, 2.75) is 103 Å². The van der Waals surface area contributed by atoms with Gasteiger partial charge in [-0.2, -0.15) is 0 Å². The van der Waals surface area contributed by atoms with Crippen LogP contribution in [0.1, 0.15) is 103 Å². The molecule has 0 aromatic heterocycles. The summed E-state index contributed by atoms with van der Waals surface area (Å²) in [5.41, 5.74) is 5.49. The van der Waals surface area contributed by atoms with Gasteiger partial charge >= 0.3 is 0 Å². The molecule has 1 aliphatic carbocycles. The van der Waals surface area contributed by atoms with Crippen LogP contribution in [0.25, 0.3) is 0 Å². The van der Waals surface area contributed by atoms with Gasteiger partial charge < -0.3 is 5.73 Å². The van der Waals surface area contributed by atoms with E-state index >= 15 is 0 Å². The second-order valence-electron chi connectivity index (χ2n) is 6.62. The SMILES string of the molecule is NCCCCCCCCCCCCC1CCCCC1. The minimum atomic E-state index is 0.876. The van der Waals surface area contributed by atoms with Crippen LogP contribution in [0.4, 0.5) is 0 Å². The Hall–Kier alpha value is -0.0400. The van der Waals surface area contributed by atoms with Crippen molar-refractivity contribution in [1.82, 2.24) is 0 Å². The first-order valence-electron chi connectivity index (χ1n) is 9.13. The second kappa shape index (κ2) is 13.0. The van der Waals surface area contributed by atoms with Gasteiger partial charge in [0.25, 0.3) is 0 Å². The van der Waals surface area contributed by atoms with E-state index in [1.165, 1.54) is 103 Å². The second-order valence-corrected chi connectivity index (χ2v) is 6.62. The van der Waals surface area contributed by atoms with E-state index in [0.29, 0.717) is 0 Å². The molecule has 2 N–H and O–H groups in total. The summed E-state index contributed by atoms with van der Waals surface area (Å²) in [4.78, 5) is 0. The Labute approximate surface area is 121 Å². The largest absolute Gasteiger partial charge is 0.330 e. The molecule has 0 aromatic carbocycles. The third-order valence-corrected chi connectivity index (χ3v) is 4.79. The van der Waals surface area contributed by atoms with Gasteiger partial charge in [0.15, 0.2) is 0 Å². The number of rotatable bonds is 12. The molecule has 114 valence electrons. The van der Waals surface area contributed by atoms with Gasteiger partial charge in [-0.05, 0) is 18.9 Å². The van der Waals surface area contributed by atoms with E-state index in [-0.39, 0.29) is 0 Å². The Morgan fingerprint density at radius 3 is 1.58 bits per heavy atom. The van der Waals surface area contributed by atoms with E-state index in [2.05, 4.69) is 0 Å². The summed E-state index contributed by atoms with van der Waals surface area (Å²) in [7, 11) is 0. The van der Waals surface area contributed by atoms with E-state index < -0.39 is 0 Å². The molecule has 1 rings (SSSR count). The van der Waals surface area contributed by atoms with Crippen molar-refractivity contribution in [3.8, 4) is 0 Å². The summed E-state index contributed by atoms with van der Waals surface area (Å²) < 4.78 is 0. The molecule has 1 heteroatoms. The molecule has 0 bridgehead atoms. The Bertz CT molecular complexity index is 173. The number of unbranched alkanes of at least 4 members (excludes halogenated alkanes) is 9. The van der Waals surface area contributed by atoms with Crippen molar-refractivity contribution in [3.63, 3.8) is 0 Å². The molecule has 0 spiro atoms. The molecule has 0 aliphatic heterocycles. The maximum atomic E-state index is 5.49. The van der Waals surface area contributed by atoms with Gasteiger partial charge in [-0.15, -0.1) is 0 Å². The molecule has 1 aliphatic rings. The lowest BCUT2D eigenvalue weighted by Crippen LogP contribution is -2.05. The lowest BCUT2D eigenvalue weighted by Gasteiger charge is -2.21. The Kier molecular flexibility index (Phi) is 11.6. The molecule has 0 atom stereocenters. The minimum absolute atomic E-state index is 0.876. The number of nitrogens with two attached hydrogens (primary N) is 1. The summed E-state index contributed by atoms with van der Waals surface area (Å²) in [6, 6.07) is 0. The summed E-state index contributed by atoms with van der Waals surface area (Å²) in [5, 5.41) is 0. The smallest absolute Gasteiger partial charge is 0.00773 e. The van der Waals surface area contributed by atoms with Crippen molar-refractivity contribution in [3.05, 3.63) is 0 Å². The predicted molar refractivity (Wildman–Crippen MR) is 86.4 cm³/mol. The standard InChI is InChI=1S/C18H37N/c19-17-13-8-6-4-2-1-3-5-7-10-14-18-15-11-9-12-16-18/h18H,1-17,19H2. The zero-order valence-electron chi connectivity index (χ0n) is 13.2. The third kappa shape index (κ3) is 10.4. The van der Waals surface area contributed by atoms with Crippen molar-refractivity contribution >= 4 is 0 Å². The molecule has 1 saturated carbocycles. The molecule has 0 saturated heterocycles. The van der Waals surface area contributed by atoms with Crippen molar-refractivity contribution in [2.75, 3.05) is 6.54 Å². The fourth-order valence-electron chi connectivity index (χ4n) is 3.47. The average Bonchev–Trinajstić information content (AvgIpc) is 2.46. The van der Waals surface area contributed by atoms with Gasteiger partial charge in [0.05, 0.1) is 0 Å². The van der Waals surface area contributed by atoms with Gasteiger partial charge in [0, 0.05) is 0 Å². The lowest BCUT2D eigenvalue weighted by molar-refractivity contribution is 0.328. The number of hydrogen-bond acceptors (Lipinski definition) is 1. The average molecular weight is 268 g/mol. The van der Waals surface area contributed by atoms with Crippen molar-refractivity contribution in [1.29, 1.82) is 0 Å². The quantitative estimate of drug-likeness (QED) is 0.443. The highest BCUT2D eigenvalue weighted by Crippen LogP contribution is 2.28. The first-order chi connectivity index (χ1) is 9.43. The van der Waals surface area contributed by atoms with Crippen LogP contribution in [0.5, 0.6) is 0 Å². The molecular formula is C18H37N. The molecule has 0 heterocycles. The van der Waals surface area contributed by atoms with Crippen LogP contribution in [0.15, 0.2) is 0 Å². The maximum absolute atomic E-state index is 5.49. The summed E-state index contributed by atoms with van der Waals surface area (Å²) >= 11 is 0. The minimum Gasteiger partial charge on any atom is -0.330 e. The van der Waals surface area contributed by atoms with Crippen LogP contribution in [-0.2, 0) is 0 Å². The normalized spacial score (nSPS) is 16.9. The van der Waals surface area contributed by atoms with Crippen molar-refractivity contribution < 1.29 is 0 Å². The molecule has 1 fully saturated rings. The maximum Gasteiger partial charge on any atom is -0.00773 e. The Morgan fingerprint density at radius 1 is 0.579 bits per heavy atom. The Balaban J connectivity index is 1.71. The molecule has 19 heavy (non-hydrogen) atoms. The first kappa shape index (κ1) is 17.0. The molecule has 0 aromatic rings. The Morgan fingerprint density at radius 2 is 1.05 bits per heavy atom. The predicted octanol–water partition coefficient (Wildman–Crippen LogP) is 5.82. The van der Waals surface area contributed by atoms with Gasteiger partial charge in [-0.3, -0.25) is 0 Å². The van der Waals surface area contributed by atoms with Crippen LogP contribution in [0, 0.1) is 5.92 Å². The zero-order chi connectivity index (χ0) is 13.6. The molecule has 0 amide bonds. The summed E-state index contributed by atoms with van der Waals surface area (Å²) in [6.45, 7) is 0.876. The van der Waals surface area contributed by atoms with E-state index in [0.717, 1.165) is 12.5 Å². The van der Waals surface area contributed by atoms with Crippen LogP contribution in [-0.4, -0.2) is 6.54 Å². The van der Waals surface area contributed by atoms with E-state index in [1.54, 1.807) is 0 Å². The molecule has 1 nitrogen and oxygen atoms in total. The third-order valence-electron chi connectivity index (χ3n) is 4.79. The highest BCUT2D eigenvalue weighted by Gasteiger charge is 2.12. The van der Waals surface area contributed by atoms with Crippen molar-refractivity contribution in [2.24, 2.45) is 11.7 Å². The first-order valence-corrected chi connectivity index (χ1v) is 9.13. The molecular weight excluding hydrogens is 230 g/mol. The number of hydrogen-bond donors (Lipinski definition) is 1. The summed E-state index contributed by atoms with van der Waals surface area (Å²) in [5.74, 6) is 1.09. The van der Waals surface area contributed by atoms with E-state index in [4.69, 9.17) is 5.73 Å². The van der Waals surface area contributed by atoms with Gasteiger partial charge in [-0.25, -0.2) is 0 Å². The zero-order valence-corrected chi connectivity index (χ0v) is 13.2. The monoisotopic (exact) mass is 267 g/mol. The highest BCUT2D eigenvalue weighted by molar-refractivity contribution is 4.65. The lowest BCUT2D eigenvalue weighted by atomic mass is 9.85. The molecule has 0 radical (unpaired) electrons. The van der Waals surface area contributed by atoms with Gasteiger partial charge in [0.1, 0.15) is 0 Å². The van der Waals surface area contributed by atoms with Crippen LogP contribution < -0.4 is 5.73 Å². The molecule has 0 unspecified atom stereocenters. The fourth-order valence-corrected chi connectivity index (χ4v) is 3.47. The fraction of sp³-hybridized carbons (Fsp3) is 1.00. The van der Waals surface area contributed by atoms with Gasteiger partial charge in [0.2, 0.25) is 0 Å². The topological polar surface area (TPSA) is 26.0 Å².